The van der Waals surface area contributed by atoms with Crippen LogP contribution in [0.3, 0.4) is 0 Å². The molecule has 0 aliphatic carbocycles. The monoisotopic (exact) mass is 464 g/mol. The number of carbonyl (C=O) groups is 1. The molecule has 0 bridgehead atoms. The zero-order valence-electron chi connectivity index (χ0n) is 19.0. The number of carboxylic acids is 1. The summed E-state index contributed by atoms with van der Waals surface area (Å²) in [4.78, 5) is 19.7. The molecule has 0 saturated carbocycles. The van der Waals surface area contributed by atoms with E-state index in [9.17, 15) is 9.90 Å². The summed E-state index contributed by atoms with van der Waals surface area (Å²) in [6.45, 7) is 11.6. The van der Waals surface area contributed by atoms with E-state index < -0.39 is 20.4 Å². The summed E-state index contributed by atoms with van der Waals surface area (Å²) in [5.41, 5.74) is 2.25. The van der Waals surface area contributed by atoms with Crippen LogP contribution < -0.4 is 4.74 Å². The number of aliphatic hydroxyl groups excluding tert-OH is 1. The molecule has 170 valence electrons. The number of ether oxygens (including phenoxy) is 1. The van der Waals surface area contributed by atoms with Crippen molar-refractivity contribution in [3.63, 3.8) is 0 Å². The number of aromatic nitrogens is 2. The highest BCUT2D eigenvalue weighted by Gasteiger charge is 2.37. The standard InChI is InChI=1S/C22H32N2O5SSi/c1-22(2,3)31(5,6)29-13-15-7-8-19(16(11-15)12-18(25)20(26)27)28-14-17-9-10-23-21(24-17)30-4/h7-11,18,25H,12-14H2,1-6H3,(H,26,27). The third-order valence-corrected chi connectivity index (χ3v) is 10.5. The Morgan fingerprint density at radius 3 is 2.55 bits per heavy atom. The maximum absolute atomic E-state index is 11.2. The number of aliphatic carboxylic acids is 1. The fraction of sp³-hybridized carbons (Fsp3) is 0.500. The molecule has 0 fully saturated rings. The molecule has 7 nitrogen and oxygen atoms in total. The molecular formula is C22H32N2O5SSi. The van der Waals surface area contributed by atoms with E-state index in [4.69, 9.17) is 14.3 Å². The van der Waals surface area contributed by atoms with Crippen LogP contribution in [-0.4, -0.2) is 46.8 Å². The molecule has 0 aliphatic heterocycles. The molecule has 2 aromatic rings. The third-order valence-electron chi connectivity index (χ3n) is 5.48. The molecule has 0 saturated heterocycles. The molecule has 1 unspecified atom stereocenters. The number of hydrogen-bond donors (Lipinski definition) is 2. The lowest BCUT2D eigenvalue weighted by atomic mass is 10.0. The fourth-order valence-corrected chi connectivity index (χ4v) is 3.84. The Morgan fingerprint density at radius 1 is 1.23 bits per heavy atom. The number of carboxylic acid groups (broad SMARTS) is 1. The molecule has 0 radical (unpaired) electrons. The van der Waals surface area contributed by atoms with Gasteiger partial charge in [0.15, 0.2) is 19.6 Å². The first-order chi connectivity index (χ1) is 14.4. The molecule has 2 rings (SSSR count). The molecule has 1 heterocycles. The number of nitrogens with zero attached hydrogens (tertiary/aromatic N) is 2. The molecule has 31 heavy (non-hydrogen) atoms. The van der Waals surface area contributed by atoms with Gasteiger partial charge in [-0.1, -0.05) is 38.6 Å². The maximum atomic E-state index is 11.2. The highest BCUT2D eigenvalue weighted by Crippen LogP contribution is 2.37. The minimum atomic E-state index is -1.93. The van der Waals surface area contributed by atoms with Gasteiger partial charge in [0.1, 0.15) is 12.4 Å². The predicted octanol–water partition coefficient (Wildman–Crippen LogP) is 4.29. The van der Waals surface area contributed by atoms with Gasteiger partial charge in [-0.05, 0) is 53.7 Å². The normalized spacial score (nSPS) is 13.1. The van der Waals surface area contributed by atoms with Crippen molar-refractivity contribution in [3.05, 3.63) is 47.3 Å². The number of aliphatic hydroxyl groups is 1. The first-order valence-electron chi connectivity index (χ1n) is 10.1. The molecule has 1 aromatic carbocycles. The van der Waals surface area contributed by atoms with Gasteiger partial charge >= 0.3 is 5.97 Å². The van der Waals surface area contributed by atoms with E-state index in [2.05, 4.69) is 43.8 Å². The van der Waals surface area contributed by atoms with Crippen molar-refractivity contribution >= 4 is 26.0 Å². The zero-order valence-corrected chi connectivity index (χ0v) is 20.8. The lowest BCUT2D eigenvalue weighted by molar-refractivity contribution is -0.146. The Balaban J connectivity index is 2.21. The molecule has 1 atom stereocenters. The summed E-state index contributed by atoms with van der Waals surface area (Å²) in [7, 11) is -1.93. The second kappa shape index (κ2) is 10.6. The first kappa shape index (κ1) is 25.3. The second-order valence-corrected chi connectivity index (χ2v) is 14.5. The van der Waals surface area contributed by atoms with Gasteiger partial charge in [-0.3, -0.25) is 0 Å². The Labute approximate surface area is 189 Å². The van der Waals surface area contributed by atoms with Crippen LogP contribution in [0, 0.1) is 0 Å². The number of rotatable bonds is 10. The summed E-state index contributed by atoms with van der Waals surface area (Å²) in [6, 6.07) is 7.33. The number of hydrogen-bond acceptors (Lipinski definition) is 7. The third kappa shape index (κ3) is 7.31. The van der Waals surface area contributed by atoms with Gasteiger partial charge in [0.25, 0.3) is 0 Å². The quantitative estimate of drug-likeness (QED) is 0.305. The van der Waals surface area contributed by atoms with E-state index >= 15 is 0 Å². The van der Waals surface area contributed by atoms with Crippen LogP contribution in [0.5, 0.6) is 5.75 Å². The minimum absolute atomic E-state index is 0.0571. The average Bonchev–Trinajstić information content (AvgIpc) is 2.70. The van der Waals surface area contributed by atoms with Gasteiger partial charge in [0, 0.05) is 12.6 Å². The van der Waals surface area contributed by atoms with Gasteiger partial charge < -0.3 is 19.4 Å². The summed E-state index contributed by atoms with van der Waals surface area (Å²) in [5.74, 6) is -0.755. The van der Waals surface area contributed by atoms with E-state index in [0.29, 0.717) is 23.1 Å². The van der Waals surface area contributed by atoms with Crippen LogP contribution in [0.2, 0.25) is 18.1 Å². The maximum Gasteiger partial charge on any atom is 0.332 e. The summed E-state index contributed by atoms with van der Waals surface area (Å²) < 4.78 is 12.2. The van der Waals surface area contributed by atoms with Crippen LogP contribution in [0.15, 0.2) is 35.6 Å². The molecule has 2 N–H and O–H groups in total. The van der Waals surface area contributed by atoms with Crippen molar-refractivity contribution in [2.24, 2.45) is 0 Å². The fourth-order valence-electron chi connectivity index (χ4n) is 2.51. The lowest BCUT2D eigenvalue weighted by Gasteiger charge is -2.36. The van der Waals surface area contributed by atoms with Gasteiger partial charge in [-0.15, -0.1) is 0 Å². The van der Waals surface area contributed by atoms with Crippen molar-refractivity contribution in [1.82, 2.24) is 9.97 Å². The van der Waals surface area contributed by atoms with Crippen molar-refractivity contribution in [3.8, 4) is 5.75 Å². The van der Waals surface area contributed by atoms with E-state index in [0.717, 1.165) is 11.3 Å². The van der Waals surface area contributed by atoms with Crippen molar-refractivity contribution in [1.29, 1.82) is 0 Å². The topological polar surface area (TPSA) is 102 Å². The van der Waals surface area contributed by atoms with E-state index in [-0.39, 0.29) is 18.1 Å². The molecule has 0 spiro atoms. The Morgan fingerprint density at radius 2 is 1.94 bits per heavy atom. The van der Waals surface area contributed by atoms with Crippen LogP contribution >= 0.6 is 11.8 Å². The SMILES string of the molecule is CSc1nccc(COc2ccc(CO[Si](C)(C)C(C)(C)C)cc2CC(O)C(=O)O)n1. The van der Waals surface area contributed by atoms with Gasteiger partial charge in [0.2, 0.25) is 0 Å². The van der Waals surface area contributed by atoms with Crippen molar-refractivity contribution < 1.29 is 24.2 Å². The second-order valence-electron chi connectivity index (χ2n) is 8.87. The number of thioether (sulfide) groups is 1. The van der Waals surface area contributed by atoms with Gasteiger partial charge in [-0.2, -0.15) is 0 Å². The first-order valence-corrected chi connectivity index (χ1v) is 14.2. The smallest absolute Gasteiger partial charge is 0.332 e. The average molecular weight is 465 g/mol. The predicted molar refractivity (Wildman–Crippen MR) is 124 cm³/mol. The molecule has 9 heteroatoms. The van der Waals surface area contributed by atoms with E-state index in [1.807, 2.05) is 18.4 Å². The highest BCUT2D eigenvalue weighted by molar-refractivity contribution is 7.98. The molecule has 1 aromatic heterocycles. The van der Waals surface area contributed by atoms with E-state index in [1.165, 1.54) is 11.8 Å². The summed E-state index contributed by atoms with van der Waals surface area (Å²) in [5, 5.41) is 19.8. The van der Waals surface area contributed by atoms with Crippen LogP contribution in [0.4, 0.5) is 0 Å². The van der Waals surface area contributed by atoms with Crippen LogP contribution in [-0.2, 0) is 28.9 Å². The lowest BCUT2D eigenvalue weighted by Crippen LogP contribution is -2.40. The Hall–Kier alpha value is -1.94. The largest absolute Gasteiger partial charge is 0.487 e. The summed E-state index contributed by atoms with van der Waals surface area (Å²) >= 11 is 1.44. The Bertz CT molecular complexity index is 902. The Kier molecular flexibility index (Phi) is 8.64. The van der Waals surface area contributed by atoms with Crippen LogP contribution in [0.1, 0.15) is 37.6 Å². The molecule has 0 aliphatic rings. The van der Waals surface area contributed by atoms with Crippen molar-refractivity contribution in [2.45, 2.75) is 69.8 Å². The van der Waals surface area contributed by atoms with Gasteiger partial charge in [0.05, 0.1) is 12.3 Å². The minimum Gasteiger partial charge on any atom is -0.487 e. The van der Waals surface area contributed by atoms with Gasteiger partial charge in [-0.25, -0.2) is 14.8 Å². The molecule has 0 amide bonds. The summed E-state index contributed by atoms with van der Waals surface area (Å²) in [6.07, 6.45) is 2.00. The van der Waals surface area contributed by atoms with E-state index in [1.54, 1.807) is 18.3 Å². The van der Waals surface area contributed by atoms with Crippen LogP contribution in [0.25, 0.3) is 0 Å². The molecular weight excluding hydrogens is 432 g/mol. The highest BCUT2D eigenvalue weighted by atomic mass is 32.2. The zero-order chi connectivity index (χ0) is 23.2. The van der Waals surface area contributed by atoms with Crippen molar-refractivity contribution in [2.75, 3.05) is 6.26 Å². The number of benzene rings is 1.